The number of primary amides is 1. The highest BCUT2D eigenvalue weighted by atomic mass is 16.5. The summed E-state index contributed by atoms with van der Waals surface area (Å²) < 4.78 is 6.14. The predicted molar refractivity (Wildman–Crippen MR) is 151 cm³/mol. The Bertz CT molecular complexity index is 1470. The summed E-state index contributed by atoms with van der Waals surface area (Å²) >= 11 is 0. The topological polar surface area (TPSA) is 87.5 Å². The summed E-state index contributed by atoms with van der Waals surface area (Å²) in [6.07, 6.45) is 5.77. The van der Waals surface area contributed by atoms with Gasteiger partial charge in [-0.3, -0.25) is 9.69 Å². The zero-order chi connectivity index (χ0) is 26.3. The fourth-order valence-electron chi connectivity index (χ4n) is 6.23. The number of hydrogen-bond donors (Lipinski definition) is 2. The molecule has 4 heterocycles. The van der Waals surface area contributed by atoms with Crippen LogP contribution in [0.25, 0.3) is 11.0 Å². The first-order chi connectivity index (χ1) is 18.4. The third kappa shape index (κ3) is 4.86. The molecule has 0 unspecified atom stereocenters. The van der Waals surface area contributed by atoms with Crippen molar-refractivity contribution < 1.29 is 9.53 Å². The van der Waals surface area contributed by atoms with Gasteiger partial charge < -0.3 is 20.4 Å². The Morgan fingerprint density at radius 1 is 1.13 bits per heavy atom. The molecule has 7 nitrogen and oxygen atoms in total. The van der Waals surface area contributed by atoms with Crippen LogP contribution in [0.2, 0.25) is 0 Å². The third-order valence-electron chi connectivity index (χ3n) is 8.09. The minimum atomic E-state index is -0.507. The molecule has 4 aromatic rings. The van der Waals surface area contributed by atoms with Crippen molar-refractivity contribution in [1.82, 2.24) is 14.9 Å². The SMILES string of the molecule is CC1(C)CN(CC2CCN(c3ccc(C(N)=O)c(Oc4cnc5[nH]ccc5c4)c3)CC2)Cc2ccccc21. The number of amides is 1. The second-order valence-electron chi connectivity index (χ2n) is 11.4. The van der Waals surface area contributed by atoms with Crippen LogP contribution < -0.4 is 15.4 Å². The van der Waals surface area contributed by atoms with E-state index in [2.05, 4.69) is 57.9 Å². The van der Waals surface area contributed by atoms with Gasteiger partial charge in [0.05, 0.1) is 11.8 Å². The number of carbonyl (C=O) groups excluding carboxylic acids is 1. The van der Waals surface area contributed by atoms with Crippen molar-refractivity contribution in [3.05, 3.63) is 83.7 Å². The maximum Gasteiger partial charge on any atom is 0.252 e. The van der Waals surface area contributed by atoms with Crippen molar-refractivity contribution in [2.45, 2.75) is 38.6 Å². The number of nitrogens with one attached hydrogen (secondary N) is 1. The van der Waals surface area contributed by atoms with E-state index >= 15 is 0 Å². The molecule has 0 saturated carbocycles. The summed E-state index contributed by atoms with van der Waals surface area (Å²) in [4.78, 5) is 24.6. The molecule has 2 aliphatic heterocycles. The van der Waals surface area contributed by atoms with Crippen LogP contribution in [0.15, 0.2) is 67.0 Å². The number of carbonyl (C=O) groups is 1. The van der Waals surface area contributed by atoms with Crippen LogP contribution in [0.4, 0.5) is 5.69 Å². The van der Waals surface area contributed by atoms with Gasteiger partial charge in [-0.2, -0.15) is 0 Å². The number of hydrogen-bond acceptors (Lipinski definition) is 5. The molecule has 0 bridgehead atoms. The first kappa shape index (κ1) is 24.5. The molecule has 3 N–H and O–H groups in total. The van der Waals surface area contributed by atoms with Crippen molar-refractivity contribution in [3.63, 3.8) is 0 Å². The second-order valence-corrected chi connectivity index (χ2v) is 11.4. The number of aromatic amines is 1. The van der Waals surface area contributed by atoms with Gasteiger partial charge in [-0.1, -0.05) is 38.1 Å². The van der Waals surface area contributed by atoms with E-state index in [-0.39, 0.29) is 5.41 Å². The van der Waals surface area contributed by atoms with E-state index in [0.29, 0.717) is 23.0 Å². The van der Waals surface area contributed by atoms with Crippen molar-refractivity contribution in [1.29, 1.82) is 0 Å². The third-order valence-corrected chi connectivity index (χ3v) is 8.09. The molecule has 0 aliphatic carbocycles. The molecular weight excluding hydrogens is 474 g/mol. The summed E-state index contributed by atoms with van der Waals surface area (Å²) in [5.41, 5.74) is 11.0. The lowest BCUT2D eigenvalue weighted by molar-refractivity contribution is 0.0998. The second kappa shape index (κ2) is 9.80. The van der Waals surface area contributed by atoms with Crippen molar-refractivity contribution >= 4 is 22.6 Å². The van der Waals surface area contributed by atoms with E-state index in [0.717, 1.165) is 62.3 Å². The Morgan fingerprint density at radius 3 is 2.76 bits per heavy atom. The minimum Gasteiger partial charge on any atom is -0.455 e. The van der Waals surface area contributed by atoms with E-state index in [1.807, 2.05) is 30.5 Å². The summed E-state index contributed by atoms with van der Waals surface area (Å²) in [5.74, 6) is 1.20. The monoisotopic (exact) mass is 509 g/mol. The molecule has 2 aromatic carbocycles. The molecule has 2 aliphatic rings. The van der Waals surface area contributed by atoms with E-state index < -0.39 is 5.91 Å². The Kier molecular flexibility index (Phi) is 6.32. The molecule has 0 atom stereocenters. The van der Waals surface area contributed by atoms with Crippen molar-refractivity contribution in [2.24, 2.45) is 11.7 Å². The standard InChI is InChI=1S/C31H35N5O2/c1-31(2)20-35(19-23-5-3-4-6-27(23)31)18-21-10-13-36(14-11-21)24-7-8-26(29(32)37)28(16-24)38-25-15-22-9-12-33-30(22)34-17-25/h3-9,12,15-17,21H,10-11,13-14,18-20H2,1-2H3,(H2,32,37)(H,33,34). The van der Waals surface area contributed by atoms with Gasteiger partial charge in [0.2, 0.25) is 0 Å². The van der Waals surface area contributed by atoms with Crippen LogP contribution in [-0.2, 0) is 12.0 Å². The molecule has 7 heteroatoms. The largest absolute Gasteiger partial charge is 0.455 e. The normalized spacial score (nSPS) is 17.9. The highest BCUT2D eigenvalue weighted by Crippen LogP contribution is 2.36. The van der Waals surface area contributed by atoms with Crippen LogP contribution >= 0.6 is 0 Å². The van der Waals surface area contributed by atoms with Crippen molar-refractivity contribution in [3.8, 4) is 11.5 Å². The smallest absolute Gasteiger partial charge is 0.252 e. The number of pyridine rings is 1. The molecule has 2 aromatic heterocycles. The Balaban J connectivity index is 1.13. The fourth-order valence-corrected chi connectivity index (χ4v) is 6.23. The number of rotatable bonds is 6. The summed E-state index contributed by atoms with van der Waals surface area (Å²) in [7, 11) is 0. The van der Waals surface area contributed by atoms with E-state index in [1.165, 1.54) is 11.1 Å². The first-order valence-corrected chi connectivity index (χ1v) is 13.5. The highest BCUT2D eigenvalue weighted by molar-refractivity contribution is 5.96. The van der Waals surface area contributed by atoms with Gasteiger partial charge in [-0.05, 0) is 54.2 Å². The Hall–Kier alpha value is -3.84. The van der Waals surface area contributed by atoms with E-state index in [4.69, 9.17) is 10.5 Å². The van der Waals surface area contributed by atoms with Gasteiger partial charge in [-0.15, -0.1) is 0 Å². The number of aromatic nitrogens is 2. The maximum absolute atomic E-state index is 12.1. The molecular formula is C31H35N5O2. The first-order valence-electron chi connectivity index (χ1n) is 13.5. The highest BCUT2D eigenvalue weighted by Gasteiger charge is 2.33. The lowest BCUT2D eigenvalue weighted by Gasteiger charge is -2.42. The molecule has 0 radical (unpaired) electrons. The molecule has 1 amide bonds. The number of anilines is 1. The van der Waals surface area contributed by atoms with Crippen LogP contribution in [0.5, 0.6) is 11.5 Å². The number of nitrogens with zero attached hydrogens (tertiary/aromatic N) is 3. The van der Waals surface area contributed by atoms with Crippen LogP contribution in [0, 0.1) is 5.92 Å². The number of piperidine rings is 1. The number of benzene rings is 2. The number of fused-ring (bicyclic) bond motifs is 2. The fraction of sp³-hybridized carbons (Fsp3) is 0.355. The lowest BCUT2D eigenvalue weighted by atomic mass is 9.78. The van der Waals surface area contributed by atoms with E-state index in [9.17, 15) is 4.79 Å². The molecule has 0 spiro atoms. The Labute approximate surface area is 223 Å². The van der Waals surface area contributed by atoms with Gasteiger partial charge >= 0.3 is 0 Å². The number of H-pyrrole nitrogens is 1. The van der Waals surface area contributed by atoms with Gasteiger partial charge in [0.15, 0.2) is 0 Å². The zero-order valence-electron chi connectivity index (χ0n) is 22.1. The molecule has 1 fully saturated rings. The number of nitrogens with two attached hydrogens (primary N) is 1. The predicted octanol–water partition coefficient (Wildman–Crippen LogP) is 5.46. The van der Waals surface area contributed by atoms with Crippen molar-refractivity contribution in [2.75, 3.05) is 31.1 Å². The molecule has 6 rings (SSSR count). The molecule has 38 heavy (non-hydrogen) atoms. The van der Waals surface area contributed by atoms with Gasteiger partial charge in [0.1, 0.15) is 17.1 Å². The van der Waals surface area contributed by atoms with E-state index in [1.54, 1.807) is 12.3 Å². The minimum absolute atomic E-state index is 0.176. The van der Waals surface area contributed by atoms with Crippen LogP contribution in [0.1, 0.15) is 48.2 Å². The average molecular weight is 510 g/mol. The summed E-state index contributed by atoms with van der Waals surface area (Å²) in [6, 6.07) is 18.4. The lowest BCUT2D eigenvalue weighted by Crippen LogP contribution is -2.45. The quantitative estimate of drug-likeness (QED) is 0.360. The van der Waals surface area contributed by atoms with Gasteiger partial charge in [0.25, 0.3) is 5.91 Å². The molecule has 1 saturated heterocycles. The number of ether oxygens (including phenoxy) is 1. The maximum atomic E-state index is 12.1. The average Bonchev–Trinajstić information content (AvgIpc) is 3.37. The van der Waals surface area contributed by atoms with Gasteiger partial charge in [-0.25, -0.2) is 4.98 Å². The van der Waals surface area contributed by atoms with Crippen LogP contribution in [0.3, 0.4) is 0 Å². The Morgan fingerprint density at radius 2 is 1.95 bits per heavy atom. The summed E-state index contributed by atoms with van der Waals surface area (Å²) in [6.45, 7) is 9.96. The zero-order valence-corrected chi connectivity index (χ0v) is 22.1. The van der Waals surface area contributed by atoms with Gasteiger partial charge in [0, 0.05) is 61.5 Å². The van der Waals surface area contributed by atoms with Crippen LogP contribution in [-0.4, -0.2) is 47.0 Å². The molecule has 196 valence electrons. The summed E-state index contributed by atoms with van der Waals surface area (Å²) in [5, 5.41) is 0.946.